The number of rotatable bonds is 3. The van der Waals surface area contributed by atoms with Gasteiger partial charge >= 0.3 is 0 Å². The molecule has 1 unspecified atom stereocenters. The molecule has 1 aliphatic rings. The Kier molecular flexibility index (Phi) is 3.83. The molecule has 0 aliphatic heterocycles. The topological polar surface area (TPSA) is 29.4 Å². The summed E-state index contributed by atoms with van der Waals surface area (Å²) in [5.41, 5.74) is 2.97. The third kappa shape index (κ3) is 2.77. The molecule has 0 bridgehead atoms. The van der Waals surface area contributed by atoms with Crippen LogP contribution >= 0.6 is 0 Å². The summed E-state index contributed by atoms with van der Waals surface area (Å²) in [4.78, 5) is 10.6. The van der Waals surface area contributed by atoms with E-state index in [4.69, 9.17) is 0 Å². The van der Waals surface area contributed by atoms with Crippen molar-refractivity contribution in [2.75, 3.05) is 0 Å². The molecule has 0 saturated carbocycles. The van der Waals surface area contributed by atoms with Gasteiger partial charge in [0, 0.05) is 0 Å². The normalized spacial score (nSPS) is 26.0. The first-order valence-electron chi connectivity index (χ1n) is 5.64. The molecular weight excluding hydrogens is 186 g/mol. The quantitative estimate of drug-likeness (QED) is 0.503. The van der Waals surface area contributed by atoms with Crippen molar-refractivity contribution in [3.63, 3.8) is 0 Å². The number of nitroso groups, excluding NO2 is 1. The van der Waals surface area contributed by atoms with Crippen molar-refractivity contribution in [1.29, 1.82) is 0 Å². The van der Waals surface area contributed by atoms with Gasteiger partial charge < -0.3 is 0 Å². The summed E-state index contributed by atoms with van der Waals surface area (Å²) in [5.74, 6) is 0. The standard InChI is InChI=1S/C13H21NO/c1-5-6-7-12-10(2)8-11(14-15)9-13(12,3)4/h5-6,11H,7-9H2,1-4H3/b6-5+. The summed E-state index contributed by atoms with van der Waals surface area (Å²) in [6.07, 6.45) is 7.02. The maximum atomic E-state index is 10.6. The highest BCUT2D eigenvalue weighted by molar-refractivity contribution is 5.26. The van der Waals surface area contributed by atoms with Crippen molar-refractivity contribution < 1.29 is 0 Å². The summed E-state index contributed by atoms with van der Waals surface area (Å²) in [7, 11) is 0. The Morgan fingerprint density at radius 1 is 1.53 bits per heavy atom. The Labute approximate surface area is 92.4 Å². The highest BCUT2D eigenvalue weighted by atomic mass is 16.3. The van der Waals surface area contributed by atoms with Crippen LogP contribution in [0.25, 0.3) is 0 Å². The fourth-order valence-corrected chi connectivity index (χ4v) is 2.60. The van der Waals surface area contributed by atoms with Crippen LogP contribution in [-0.2, 0) is 0 Å². The van der Waals surface area contributed by atoms with Gasteiger partial charge in [-0.25, -0.2) is 0 Å². The second-order valence-corrected chi connectivity index (χ2v) is 5.08. The molecule has 0 saturated heterocycles. The summed E-state index contributed by atoms with van der Waals surface area (Å²) in [6.45, 7) is 8.61. The van der Waals surface area contributed by atoms with E-state index >= 15 is 0 Å². The van der Waals surface area contributed by atoms with E-state index in [-0.39, 0.29) is 11.5 Å². The van der Waals surface area contributed by atoms with Crippen LogP contribution < -0.4 is 0 Å². The van der Waals surface area contributed by atoms with Crippen LogP contribution in [0, 0.1) is 10.3 Å². The van der Waals surface area contributed by atoms with Crippen molar-refractivity contribution in [2.45, 2.75) is 53.0 Å². The summed E-state index contributed by atoms with van der Waals surface area (Å²) in [5, 5.41) is 3.21. The Morgan fingerprint density at radius 2 is 2.20 bits per heavy atom. The highest BCUT2D eigenvalue weighted by Gasteiger charge is 2.33. The molecule has 0 radical (unpaired) electrons. The first-order chi connectivity index (χ1) is 7.01. The van der Waals surface area contributed by atoms with E-state index in [0.29, 0.717) is 0 Å². The molecule has 0 aromatic carbocycles. The molecule has 1 rings (SSSR count). The van der Waals surface area contributed by atoms with Crippen LogP contribution in [0.1, 0.15) is 47.0 Å². The number of hydrogen-bond acceptors (Lipinski definition) is 2. The summed E-state index contributed by atoms with van der Waals surface area (Å²) >= 11 is 0. The number of allylic oxidation sites excluding steroid dienone is 3. The van der Waals surface area contributed by atoms with Crippen LogP contribution in [0.5, 0.6) is 0 Å². The van der Waals surface area contributed by atoms with Gasteiger partial charge in [-0.2, -0.15) is 4.91 Å². The lowest BCUT2D eigenvalue weighted by atomic mass is 9.70. The van der Waals surface area contributed by atoms with Crippen LogP contribution in [-0.4, -0.2) is 6.04 Å². The fraction of sp³-hybridized carbons (Fsp3) is 0.692. The fourth-order valence-electron chi connectivity index (χ4n) is 2.60. The Balaban J connectivity index is 2.94. The first-order valence-corrected chi connectivity index (χ1v) is 5.64. The van der Waals surface area contributed by atoms with E-state index in [0.717, 1.165) is 19.3 Å². The van der Waals surface area contributed by atoms with Gasteiger partial charge in [0.25, 0.3) is 0 Å². The molecule has 0 amide bonds. The van der Waals surface area contributed by atoms with E-state index in [1.54, 1.807) is 0 Å². The van der Waals surface area contributed by atoms with Crippen molar-refractivity contribution in [1.82, 2.24) is 0 Å². The van der Waals surface area contributed by atoms with Gasteiger partial charge in [0.2, 0.25) is 0 Å². The predicted molar refractivity (Wildman–Crippen MR) is 64.7 cm³/mol. The SMILES string of the molecule is C/C=C/CC1=C(C)CC(N=O)CC1(C)C. The minimum Gasteiger partial charge on any atom is -0.151 e. The molecule has 1 atom stereocenters. The van der Waals surface area contributed by atoms with Crippen molar-refractivity contribution in [2.24, 2.45) is 10.6 Å². The Bertz CT molecular complexity index is 300. The molecule has 0 aromatic heterocycles. The van der Waals surface area contributed by atoms with Crippen molar-refractivity contribution >= 4 is 0 Å². The molecule has 84 valence electrons. The third-order valence-corrected chi connectivity index (χ3v) is 3.33. The summed E-state index contributed by atoms with van der Waals surface area (Å²) in [6, 6.07) is -0.0191. The van der Waals surface area contributed by atoms with Crippen LogP contribution in [0.4, 0.5) is 0 Å². The van der Waals surface area contributed by atoms with E-state index in [2.05, 4.69) is 38.1 Å². The zero-order valence-electron chi connectivity index (χ0n) is 10.2. The smallest absolute Gasteiger partial charge is 0.0964 e. The lowest BCUT2D eigenvalue weighted by Crippen LogP contribution is -2.27. The second-order valence-electron chi connectivity index (χ2n) is 5.08. The zero-order chi connectivity index (χ0) is 11.5. The lowest BCUT2D eigenvalue weighted by Gasteiger charge is -2.36. The Morgan fingerprint density at radius 3 is 2.67 bits per heavy atom. The highest BCUT2D eigenvalue weighted by Crippen LogP contribution is 2.42. The van der Waals surface area contributed by atoms with Crippen molar-refractivity contribution in [3.05, 3.63) is 28.2 Å². The molecule has 15 heavy (non-hydrogen) atoms. The average Bonchev–Trinajstić information content (AvgIpc) is 2.15. The molecule has 2 nitrogen and oxygen atoms in total. The minimum absolute atomic E-state index is 0.0191. The van der Waals surface area contributed by atoms with E-state index in [1.807, 2.05) is 6.92 Å². The molecule has 0 aromatic rings. The maximum Gasteiger partial charge on any atom is 0.0964 e. The molecule has 0 N–H and O–H groups in total. The average molecular weight is 207 g/mol. The van der Waals surface area contributed by atoms with Crippen LogP contribution in [0.15, 0.2) is 28.5 Å². The number of nitrogens with zero attached hydrogens (tertiary/aromatic N) is 1. The first kappa shape index (κ1) is 12.2. The van der Waals surface area contributed by atoms with Crippen LogP contribution in [0.3, 0.4) is 0 Å². The predicted octanol–water partition coefficient (Wildman–Crippen LogP) is 4.22. The maximum absolute atomic E-state index is 10.6. The van der Waals surface area contributed by atoms with E-state index < -0.39 is 0 Å². The van der Waals surface area contributed by atoms with Crippen LogP contribution in [0.2, 0.25) is 0 Å². The molecule has 0 heterocycles. The summed E-state index contributed by atoms with van der Waals surface area (Å²) < 4.78 is 0. The monoisotopic (exact) mass is 207 g/mol. The largest absolute Gasteiger partial charge is 0.151 e. The van der Waals surface area contributed by atoms with Gasteiger partial charge in [-0.05, 0) is 38.5 Å². The molecule has 0 spiro atoms. The number of hydrogen-bond donors (Lipinski definition) is 0. The molecule has 0 fully saturated rings. The Hall–Kier alpha value is -0.920. The van der Waals surface area contributed by atoms with Gasteiger partial charge in [-0.3, -0.25) is 0 Å². The zero-order valence-corrected chi connectivity index (χ0v) is 10.2. The molecule has 1 aliphatic carbocycles. The lowest BCUT2D eigenvalue weighted by molar-refractivity contribution is 0.330. The second kappa shape index (κ2) is 4.73. The van der Waals surface area contributed by atoms with E-state index in [9.17, 15) is 4.91 Å². The molecule has 2 heteroatoms. The van der Waals surface area contributed by atoms with Gasteiger partial charge in [0.05, 0.1) is 6.04 Å². The van der Waals surface area contributed by atoms with Gasteiger partial charge in [0.15, 0.2) is 0 Å². The van der Waals surface area contributed by atoms with E-state index in [1.165, 1.54) is 11.1 Å². The third-order valence-electron chi connectivity index (χ3n) is 3.33. The van der Waals surface area contributed by atoms with Gasteiger partial charge in [-0.1, -0.05) is 42.3 Å². The van der Waals surface area contributed by atoms with Crippen molar-refractivity contribution in [3.8, 4) is 0 Å². The molecular formula is C13H21NO. The minimum atomic E-state index is -0.0191. The van der Waals surface area contributed by atoms with Gasteiger partial charge in [-0.15, -0.1) is 0 Å². The van der Waals surface area contributed by atoms with Gasteiger partial charge in [0.1, 0.15) is 0 Å².